The third kappa shape index (κ3) is 12.6. The van der Waals surface area contributed by atoms with E-state index in [0.29, 0.717) is 6.61 Å². The van der Waals surface area contributed by atoms with E-state index < -0.39 is 4.58 Å². The van der Waals surface area contributed by atoms with Crippen LogP contribution in [0.15, 0.2) is 0 Å². The Hall–Kier alpha value is 0.170. The maximum Gasteiger partial charge on any atom is 0.328 e. The van der Waals surface area contributed by atoms with Crippen LogP contribution in [0.1, 0.15) is 71.1 Å². The first-order valence-corrected chi connectivity index (χ1v) is 8.24. The summed E-state index contributed by atoms with van der Waals surface area (Å²) in [6.07, 6.45) is 12.8. The van der Waals surface area contributed by atoms with Crippen LogP contribution in [0.3, 0.4) is 0 Å². The summed E-state index contributed by atoms with van der Waals surface area (Å²) in [5.41, 5.74) is 0. The second-order valence-corrected chi connectivity index (χ2v) is 6.16. The van der Waals surface area contributed by atoms with Gasteiger partial charge < -0.3 is 4.74 Å². The van der Waals surface area contributed by atoms with Crippen LogP contribution in [0, 0.1) is 0 Å². The van der Waals surface area contributed by atoms with Crippen molar-refractivity contribution in [2.75, 3.05) is 6.61 Å². The number of carbonyl (C=O) groups excluding carboxylic acids is 1. The molecular formula is C14H28O2S2. The van der Waals surface area contributed by atoms with Gasteiger partial charge in [-0.3, -0.25) is 0 Å². The highest BCUT2D eigenvalue weighted by molar-refractivity contribution is 8.00. The van der Waals surface area contributed by atoms with Gasteiger partial charge in [-0.25, -0.2) is 4.79 Å². The molecule has 0 fully saturated rings. The van der Waals surface area contributed by atoms with Gasteiger partial charge in [-0.15, -0.1) is 0 Å². The summed E-state index contributed by atoms with van der Waals surface area (Å²) >= 11 is 7.78. The summed E-state index contributed by atoms with van der Waals surface area (Å²) in [6.45, 7) is 2.75. The van der Waals surface area contributed by atoms with E-state index in [1.807, 2.05) is 0 Å². The lowest BCUT2D eigenvalue weighted by molar-refractivity contribution is -0.141. The average Bonchev–Trinajstić information content (AvgIpc) is 2.35. The van der Waals surface area contributed by atoms with Crippen LogP contribution in [0.5, 0.6) is 0 Å². The van der Waals surface area contributed by atoms with E-state index in [2.05, 4.69) is 32.2 Å². The fourth-order valence-electron chi connectivity index (χ4n) is 1.84. The number of rotatable bonds is 12. The number of unbranched alkanes of at least 4 members (excludes halogenated alkanes) is 9. The first-order valence-electron chi connectivity index (χ1n) is 7.21. The SMILES string of the molecule is CCCCCCCCCCCCOC(=O)C(S)S. The molecule has 0 heterocycles. The van der Waals surface area contributed by atoms with Crippen molar-refractivity contribution in [2.24, 2.45) is 0 Å². The molecule has 0 aromatic carbocycles. The van der Waals surface area contributed by atoms with Gasteiger partial charge in [0.1, 0.15) is 4.58 Å². The number of carbonyl (C=O) groups is 1. The smallest absolute Gasteiger partial charge is 0.328 e. The van der Waals surface area contributed by atoms with Crippen molar-refractivity contribution in [1.82, 2.24) is 0 Å². The largest absolute Gasteiger partial charge is 0.464 e. The molecule has 0 amide bonds. The highest BCUT2D eigenvalue weighted by Gasteiger charge is 2.08. The van der Waals surface area contributed by atoms with Gasteiger partial charge in [-0.2, -0.15) is 25.3 Å². The zero-order valence-electron chi connectivity index (χ0n) is 11.6. The van der Waals surface area contributed by atoms with E-state index in [0.717, 1.165) is 12.8 Å². The highest BCUT2D eigenvalue weighted by Crippen LogP contribution is 2.10. The van der Waals surface area contributed by atoms with Gasteiger partial charge in [-0.05, 0) is 6.42 Å². The lowest BCUT2D eigenvalue weighted by Gasteiger charge is -2.06. The van der Waals surface area contributed by atoms with Gasteiger partial charge >= 0.3 is 5.97 Å². The summed E-state index contributed by atoms with van der Waals surface area (Å²) in [7, 11) is 0. The molecule has 0 bridgehead atoms. The molecule has 2 nitrogen and oxygen atoms in total. The first kappa shape index (κ1) is 18.2. The van der Waals surface area contributed by atoms with Crippen molar-refractivity contribution in [3.8, 4) is 0 Å². The molecule has 0 aromatic rings. The van der Waals surface area contributed by atoms with E-state index in [1.165, 1.54) is 51.4 Å². The Morgan fingerprint density at radius 2 is 1.33 bits per heavy atom. The Morgan fingerprint density at radius 1 is 0.889 bits per heavy atom. The van der Waals surface area contributed by atoms with Crippen LogP contribution in [-0.4, -0.2) is 17.2 Å². The van der Waals surface area contributed by atoms with E-state index in [9.17, 15) is 4.79 Å². The van der Waals surface area contributed by atoms with Crippen LogP contribution >= 0.6 is 25.3 Å². The predicted molar refractivity (Wildman–Crippen MR) is 84.6 cm³/mol. The zero-order chi connectivity index (χ0) is 13.6. The van der Waals surface area contributed by atoms with Gasteiger partial charge in [0.15, 0.2) is 0 Å². The number of hydrogen-bond donors (Lipinski definition) is 2. The van der Waals surface area contributed by atoms with Crippen LogP contribution in [0.2, 0.25) is 0 Å². The minimum atomic E-state index is -0.604. The van der Waals surface area contributed by atoms with Crippen LogP contribution in [-0.2, 0) is 9.53 Å². The Balaban J connectivity index is 3.05. The Kier molecular flexibility index (Phi) is 13.7. The molecule has 4 heteroatoms. The average molecular weight is 293 g/mol. The minimum Gasteiger partial charge on any atom is -0.464 e. The van der Waals surface area contributed by atoms with Gasteiger partial charge in [-0.1, -0.05) is 64.7 Å². The molecule has 0 saturated carbocycles. The summed E-state index contributed by atoms with van der Waals surface area (Å²) in [5, 5.41) is 0. The second-order valence-electron chi connectivity index (χ2n) is 4.72. The van der Waals surface area contributed by atoms with Crippen molar-refractivity contribution < 1.29 is 9.53 Å². The van der Waals surface area contributed by atoms with Crippen LogP contribution < -0.4 is 0 Å². The maximum absolute atomic E-state index is 11.0. The summed E-state index contributed by atoms with van der Waals surface area (Å²) in [4.78, 5) is 11.0. The summed E-state index contributed by atoms with van der Waals surface area (Å²) < 4.78 is 4.38. The van der Waals surface area contributed by atoms with Crippen molar-refractivity contribution in [1.29, 1.82) is 0 Å². The maximum atomic E-state index is 11.0. The topological polar surface area (TPSA) is 26.3 Å². The molecule has 0 rings (SSSR count). The Morgan fingerprint density at radius 3 is 1.78 bits per heavy atom. The van der Waals surface area contributed by atoms with E-state index in [1.54, 1.807) is 0 Å². The van der Waals surface area contributed by atoms with Crippen LogP contribution in [0.25, 0.3) is 0 Å². The van der Waals surface area contributed by atoms with Crippen molar-refractivity contribution in [3.05, 3.63) is 0 Å². The molecule has 0 atom stereocenters. The number of hydrogen-bond acceptors (Lipinski definition) is 4. The minimum absolute atomic E-state index is 0.336. The van der Waals surface area contributed by atoms with Crippen LogP contribution in [0.4, 0.5) is 0 Å². The lowest BCUT2D eigenvalue weighted by Crippen LogP contribution is -2.13. The molecule has 0 aliphatic rings. The molecule has 0 N–H and O–H groups in total. The van der Waals surface area contributed by atoms with Gasteiger partial charge in [0.2, 0.25) is 0 Å². The third-order valence-corrected chi connectivity index (χ3v) is 3.37. The molecule has 0 unspecified atom stereocenters. The molecule has 0 aromatic heterocycles. The molecular weight excluding hydrogens is 264 g/mol. The zero-order valence-corrected chi connectivity index (χ0v) is 13.4. The van der Waals surface area contributed by atoms with Gasteiger partial charge in [0.05, 0.1) is 6.61 Å². The van der Waals surface area contributed by atoms with Gasteiger partial charge in [0.25, 0.3) is 0 Å². The number of esters is 1. The molecule has 18 heavy (non-hydrogen) atoms. The van der Waals surface area contributed by atoms with E-state index >= 15 is 0 Å². The highest BCUT2D eigenvalue weighted by atomic mass is 32.2. The second kappa shape index (κ2) is 13.6. The molecule has 0 saturated heterocycles. The molecule has 0 radical (unpaired) electrons. The molecule has 0 aliphatic carbocycles. The number of thiol groups is 2. The fourth-order valence-corrected chi connectivity index (χ4v) is 1.99. The standard InChI is InChI=1S/C14H28O2S2/c1-2-3-4-5-6-7-8-9-10-11-12-16-13(15)14(17)18/h14,17-18H,2-12H2,1H3. The molecule has 108 valence electrons. The fraction of sp³-hybridized carbons (Fsp3) is 0.929. The summed E-state index contributed by atoms with van der Waals surface area (Å²) in [5.74, 6) is -0.336. The molecule has 0 spiro atoms. The quantitative estimate of drug-likeness (QED) is 0.237. The predicted octanol–water partition coefficient (Wildman–Crippen LogP) is 4.64. The lowest BCUT2D eigenvalue weighted by atomic mass is 10.1. The monoisotopic (exact) mass is 292 g/mol. The Labute approximate surface area is 123 Å². The van der Waals surface area contributed by atoms with E-state index in [-0.39, 0.29) is 5.97 Å². The van der Waals surface area contributed by atoms with Crippen molar-refractivity contribution in [3.63, 3.8) is 0 Å². The summed E-state index contributed by atoms with van der Waals surface area (Å²) in [6, 6.07) is 0. The number of ether oxygens (including phenoxy) is 1. The third-order valence-electron chi connectivity index (χ3n) is 2.95. The van der Waals surface area contributed by atoms with Crippen molar-refractivity contribution >= 4 is 31.2 Å². The van der Waals surface area contributed by atoms with Crippen molar-refractivity contribution in [2.45, 2.75) is 75.7 Å². The molecule has 0 aliphatic heterocycles. The first-order chi connectivity index (χ1) is 8.68. The van der Waals surface area contributed by atoms with Gasteiger partial charge in [0, 0.05) is 0 Å². The Bertz CT molecular complexity index is 196. The normalized spacial score (nSPS) is 10.9. The van der Waals surface area contributed by atoms with E-state index in [4.69, 9.17) is 4.74 Å².